The molecule has 0 saturated carbocycles. The summed E-state index contributed by atoms with van der Waals surface area (Å²) in [7, 11) is 0. The van der Waals surface area contributed by atoms with E-state index in [9.17, 15) is 18.8 Å². The molecule has 7 heteroatoms. The zero-order chi connectivity index (χ0) is 22.4. The average Bonchev–Trinajstić information content (AvgIpc) is 2.74. The van der Waals surface area contributed by atoms with Crippen LogP contribution in [0.2, 0.25) is 0 Å². The van der Waals surface area contributed by atoms with Crippen LogP contribution in [0.5, 0.6) is 0 Å². The van der Waals surface area contributed by atoms with Crippen molar-refractivity contribution in [3.63, 3.8) is 0 Å². The Labute approximate surface area is 181 Å². The fourth-order valence-electron chi connectivity index (χ4n) is 3.80. The van der Waals surface area contributed by atoms with Crippen molar-refractivity contribution in [2.24, 2.45) is 0 Å². The summed E-state index contributed by atoms with van der Waals surface area (Å²) in [6.07, 6.45) is 1.57. The van der Waals surface area contributed by atoms with Crippen LogP contribution in [0.3, 0.4) is 0 Å². The van der Waals surface area contributed by atoms with Crippen LogP contribution in [0, 0.1) is 12.7 Å². The zero-order valence-electron chi connectivity index (χ0n) is 17.9. The van der Waals surface area contributed by atoms with Crippen molar-refractivity contribution >= 4 is 17.7 Å². The number of amides is 3. The van der Waals surface area contributed by atoms with Crippen LogP contribution < -0.4 is 10.6 Å². The molecule has 3 rings (SSSR count). The maximum atomic E-state index is 13.1. The molecule has 1 fully saturated rings. The van der Waals surface area contributed by atoms with Crippen LogP contribution in [0.25, 0.3) is 0 Å². The van der Waals surface area contributed by atoms with Gasteiger partial charge in [-0.15, -0.1) is 0 Å². The van der Waals surface area contributed by atoms with Crippen LogP contribution in [0.15, 0.2) is 48.5 Å². The molecular weight excluding hydrogens is 397 g/mol. The van der Waals surface area contributed by atoms with Crippen molar-refractivity contribution in [1.29, 1.82) is 0 Å². The van der Waals surface area contributed by atoms with Gasteiger partial charge in [0.25, 0.3) is 5.91 Å². The molecule has 0 spiro atoms. The van der Waals surface area contributed by atoms with E-state index < -0.39 is 6.04 Å². The lowest BCUT2D eigenvalue weighted by molar-refractivity contribution is -0.128. The zero-order valence-corrected chi connectivity index (χ0v) is 17.9. The summed E-state index contributed by atoms with van der Waals surface area (Å²) in [5, 5.41) is 5.68. The quantitative estimate of drug-likeness (QED) is 0.747. The molecule has 6 nitrogen and oxygen atoms in total. The largest absolute Gasteiger partial charge is 0.351 e. The highest BCUT2D eigenvalue weighted by atomic mass is 19.1. The van der Waals surface area contributed by atoms with Crippen LogP contribution in [0.1, 0.15) is 41.3 Å². The van der Waals surface area contributed by atoms with Crippen molar-refractivity contribution < 1.29 is 18.8 Å². The first kappa shape index (κ1) is 22.5. The first-order valence-electron chi connectivity index (χ1n) is 10.5. The van der Waals surface area contributed by atoms with Crippen molar-refractivity contribution in [3.8, 4) is 0 Å². The molecule has 164 valence electrons. The number of hydrogen-bond acceptors (Lipinski definition) is 3. The number of nitrogens with one attached hydrogen (secondary N) is 2. The molecule has 31 heavy (non-hydrogen) atoms. The molecule has 3 amide bonds. The van der Waals surface area contributed by atoms with E-state index in [0.717, 1.165) is 11.1 Å². The average molecular weight is 426 g/mol. The summed E-state index contributed by atoms with van der Waals surface area (Å²) in [5.74, 6) is -0.930. The van der Waals surface area contributed by atoms with E-state index in [4.69, 9.17) is 0 Å². The number of aryl methyl sites for hydroxylation is 1. The lowest BCUT2D eigenvalue weighted by Gasteiger charge is -2.33. The van der Waals surface area contributed by atoms with E-state index in [2.05, 4.69) is 10.6 Å². The van der Waals surface area contributed by atoms with Gasteiger partial charge in [0.15, 0.2) is 0 Å². The molecule has 2 aromatic rings. The maximum Gasteiger partial charge on any atom is 0.253 e. The molecule has 1 saturated heterocycles. The minimum atomic E-state index is -0.741. The van der Waals surface area contributed by atoms with Gasteiger partial charge < -0.3 is 15.5 Å². The van der Waals surface area contributed by atoms with Crippen LogP contribution in [-0.2, 0) is 16.0 Å². The topological polar surface area (TPSA) is 78.5 Å². The minimum absolute atomic E-state index is 0.000842. The molecule has 0 radical (unpaired) electrons. The Kier molecular flexibility index (Phi) is 7.39. The van der Waals surface area contributed by atoms with Crippen molar-refractivity contribution in [3.05, 3.63) is 71.0 Å². The highest BCUT2D eigenvalue weighted by Crippen LogP contribution is 2.15. The van der Waals surface area contributed by atoms with E-state index in [0.29, 0.717) is 31.5 Å². The molecular formula is C24H28FN3O3. The Bertz CT molecular complexity index is 937. The normalized spacial score (nSPS) is 15.3. The lowest BCUT2D eigenvalue weighted by Crippen LogP contribution is -2.53. The number of halogens is 1. The van der Waals surface area contributed by atoms with Crippen LogP contribution >= 0.6 is 0 Å². The van der Waals surface area contributed by atoms with Crippen LogP contribution in [0.4, 0.5) is 4.39 Å². The summed E-state index contributed by atoms with van der Waals surface area (Å²) < 4.78 is 13.1. The van der Waals surface area contributed by atoms with Gasteiger partial charge in [-0.05, 0) is 49.6 Å². The molecule has 0 unspecified atom stereocenters. The smallest absolute Gasteiger partial charge is 0.253 e. The Morgan fingerprint density at radius 2 is 1.77 bits per heavy atom. The van der Waals surface area contributed by atoms with Gasteiger partial charge in [0.05, 0.1) is 0 Å². The van der Waals surface area contributed by atoms with Crippen molar-refractivity contribution in [2.45, 2.75) is 45.2 Å². The van der Waals surface area contributed by atoms with Gasteiger partial charge in [-0.1, -0.05) is 29.8 Å². The highest BCUT2D eigenvalue weighted by molar-refractivity contribution is 5.94. The third kappa shape index (κ3) is 6.38. The van der Waals surface area contributed by atoms with Gasteiger partial charge in [-0.3, -0.25) is 14.4 Å². The second-order valence-electron chi connectivity index (χ2n) is 8.03. The molecule has 1 atom stereocenters. The van der Waals surface area contributed by atoms with E-state index in [1.165, 1.54) is 19.1 Å². The second kappa shape index (κ2) is 10.2. The molecule has 1 aliphatic heterocycles. The Balaban J connectivity index is 1.55. The Morgan fingerprint density at radius 1 is 1.10 bits per heavy atom. The number of rotatable bonds is 6. The summed E-state index contributed by atoms with van der Waals surface area (Å²) >= 11 is 0. The third-order valence-corrected chi connectivity index (χ3v) is 5.44. The third-order valence-electron chi connectivity index (χ3n) is 5.44. The molecule has 0 aliphatic carbocycles. The molecule has 1 aliphatic rings. The summed E-state index contributed by atoms with van der Waals surface area (Å²) in [4.78, 5) is 38.9. The maximum absolute atomic E-state index is 13.1. The Morgan fingerprint density at radius 3 is 2.39 bits per heavy atom. The van der Waals surface area contributed by atoms with Gasteiger partial charge in [0.1, 0.15) is 11.9 Å². The number of piperidine rings is 1. The number of likely N-dealkylation sites (tertiary alicyclic amines) is 1. The molecule has 2 N–H and O–H groups in total. The van der Waals surface area contributed by atoms with E-state index >= 15 is 0 Å². The fraction of sp³-hybridized carbons (Fsp3) is 0.375. The predicted molar refractivity (Wildman–Crippen MR) is 116 cm³/mol. The molecule has 0 bridgehead atoms. The second-order valence-corrected chi connectivity index (χ2v) is 8.03. The SMILES string of the molecule is CC(=O)N[C@H](Cc1ccc(F)cc1)C(=O)NC1CCN(C(=O)c2cccc(C)c2)CC1. The fourth-order valence-corrected chi connectivity index (χ4v) is 3.80. The first-order valence-corrected chi connectivity index (χ1v) is 10.5. The Hall–Kier alpha value is -3.22. The number of benzene rings is 2. The van der Waals surface area contributed by atoms with Crippen LogP contribution in [-0.4, -0.2) is 47.8 Å². The highest BCUT2D eigenvalue weighted by Gasteiger charge is 2.27. The number of hydrogen-bond donors (Lipinski definition) is 2. The lowest BCUT2D eigenvalue weighted by atomic mass is 10.0. The summed E-state index contributed by atoms with van der Waals surface area (Å²) in [5.41, 5.74) is 2.47. The van der Waals surface area contributed by atoms with E-state index in [1.807, 2.05) is 31.2 Å². The molecule has 2 aromatic carbocycles. The number of carbonyl (C=O) groups is 3. The van der Waals surface area contributed by atoms with Crippen molar-refractivity contribution in [1.82, 2.24) is 15.5 Å². The predicted octanol–water partition coefficient (Wildman–Crippen LogP) is 2.60. The van der Waals surface area contributed by atoms with Gasteiger partial charge in [0.2, 0.25) is 11.8 Å². The van der Waals surface area contributed by atoms with Gasteiger partial charge in [-0.2, -0.15) is 0 Å². The van der Waals surface area contributed by atoms with E-state index in [1.54, 1.807) is 17.0 Å². The van der Waals surface area contributed by atoms with Gasteiger partial charge in [0, 0.05) is 38.0 Å². The minimum Gasteiger partial charge on any atom is -0.351 e. The molecule has 0 aromatic heterocycles. The monoisotopic (exact) mass is 425 g/mol. The number of carbonyl (C=O) groups excluding carboxylic acids is 3. The van der Waals surface area contributed by atoms with Gasteiger partial charge >= 0.3 is 0 Å². The van der Waals surface area contributed by atoms with Crippen molar-refractivity contribution in [2.75, 3.05) is 13.1 Å². The standard InChI is InChI=1S/C24H28FN3O3/c1-16-4-3-5-19(14-16)24(31)28-12-10-21(11-13-28)27-23(30)22(26-17(2)29)15-18-6-8-20(25)9-7-18/h3-9,14,21-22H,10-13,15H2,1-2H3,(H,26,29)(H,27,30)/t22-/m1/s1. The molecule has 1 heterocycles. The van der Waals surface area contributed by atoms with E-state index in [-0.39, 0.29) is 36.0 Å². The summed E-state index contributed by atoms with van der Waals surface area (Å²) in [6.45, 7) is 4.43. The number of nitrogens with zero attached hydrogens (tertiary/aromatic N) is 1. The van der Waals surface area contributed by atoms with Gasteiger partial charge in [-0.25, -0.2) is 4.39 Å². The summed E-state index contributed by atoms with van der Waals surface area (Å²) in [6, 6.07) is 12.6. The first-order chi connectivity index (χ1) is 14.8.